The Morgan fingerprint density at radius 1 is 1.44 bits per heavy atom. The Balaban J connectivity index is 1.64. The third kappa shape index (κ3) is 4.44. The number of rotatable bonds is 7. The van der Waals surface area contributed by atoms with Gasteiger partial charge in [0.25, 0.3) is 0 Å². The van der Waals surface area contributed by atoms with Crippen molar-refractivity contribution in [2.75, 3.05) is 19.8 Å². The van der Waals surface area contributed by atoms with Crippen LogP contribution in [0.1, 0.15) is 37.5 Å². The molecular formula is C14H23NO3. The molecule has 102 valence electrons. The minimum Gasteiger partial charge on any atom is -0.467 e. The van der Waals surface area contributed by atoms with Gasteiger partial charge in [-0.05, 0) is 31.9 Å². The lowest BCUT2D eigenvalue weighted by Crippen LogP contribution is -2.24. The van der Waals surface area contributed by atoms with Crippen LogP contribution >= 0.6 is 0 Å². The molecule has 1 aliphatic rings. The van der Waals surface area contributed by atoms with Gasteiger partial charge in [-0.2, -0.15) is 0 Å². The average molecular weight is 253 g/mol. The summed E-state index contributed by atoms with van der Waals surface area (Å²) in [5, 5.41) is 3.26. The van der Waals surface area contributed by atoms with Crippen molar-refractivity contribution in [3.63, 3.8) is 0 Å². The zero-order valence-electron chi connectivity index (χ0n) is 11.1. The summed E-state index contributed by atoms with van der Waals surface area (Å²) in [5.74, 6) is 0.888. The Labute approximate surface area is 109 Å². The normalized spacial score (nSPS) is 20.2. The maximum absolute atomic E-state index is 5.64. The maximum atomic E-state index is 5.64. The van der Waals surface area contributed by atoms with E-state index >= 15 is 0 Å². The van der Waals surface area contributed by atoms with Crippen molar-refractivity contribution in [3.05, 3.63) is 23.7 Å². The lowest BCUT2D eigenvalue weighted by molar-refractivity contribution is -0.0472. The van der Waals surface area contributed by atoms with Crippen molar-refractivity contribution in [3.8, 4) is 0 Å². The van der Waals surface area contributed by atoms with Gasteiger partial charge in [0.1, 0.15) is 12.4 Å². The minimum atomic E-state index is 0.273. The fourth-order valence-electron chi connectivity index (χ4n) is 2.09. The molecule has 1 N–H and O–H groups in total. The highest BCUT2D eigenvalue weighted by atomic mass is 16.5. The largest absolute Gasteiger partial charge is 0.467 e. The van der Waals surface area contributed by atoms with E-state index < -0.39 is 0 Å². The van der Waals surface area contributed by atoms with Crippen LogP contribution in [0.15, 0.2) is 16.7 Å². The molecule has 1 saturated heterocycles. The molecule has 4 heteroatoms. The Bertz CT molecular complexity index is 332. The molecule has 18 heavy (non-hydrogen) atoms. The maximum Gasteiger partial charge on any atom is 0.129 e. The van der Waals surface area contributed by atoms with E-state index in [1.165, 1.54) is 18.4 Å². The minimum absolute atomic E-state index is 0.273. The molecule has 2 rings (SSSR count). The standard InChI is InChI=1S/C14H23NO3/c1-2-15-8-12-7-14(18-9-12)11-16-10-13-5-3-4-6-17-13/h7,9,13,15H,2-6,8,10-11H2,1H3. The van der Waals surface area contributed by atoms with E-state index in [2.05, 4.69) is 12.2 Å². The second-order valence-corrected chi connectivity index (χ2v) is 4.71. The molecular weight excluding hydrogens is 230 g/mol. The summed E-state index contributed by atoms with van der Waals surface area (Å²) in [6, 6.07) is 2.05. The third-order valence-corrected chi connectivity index (χ3v) is 3.11. The number of ether oxygens (including phenoxy) is 2. The molecule has 2 heterocycles. The molecule has 0 bridgehead atoms. The predicted molar refractivity (Wildman–Crippen MR) is 69.3 cm³/mol. The lowest BCUT2D eigenvalue weighted by atomic mass is 10.1. The Morgan fingerprint density at radius 3 is 3.17 bits per heavy atom. The summed E-state index contributed by atoms with van der Waals surface area (Å²) >= 11 is 0. The highest BCUT2D eigenvalue weighted by molar-refractivity contribution is 5.11. The Morgan fingerprint density at radius 2 is 2.39 bits per heavy atom. The van der Waals surface area contributed by atoms with Crippen molar-refractivity contribution >= 4 is 0 Å². The molecule has 1 aromatic heterocycles. The van der Waals surface area contributed by atoms with Crippen LogP contribution in [0.25, 0.3) is 0 Å². The molecule has 4 nitrogen and oxygen atoms in total. The van der Waals surface area contributed by atoms with Gasteiger partial charge in [0.2, 0.25) is 0 Å². The van der Waals surface area contributed by atoms with Crippen LogP contribution in [0.2, 0.25) is 0 Å². The summed E-state index contributed by atoms with van der Waals surface area (Å²) < 4.78 is 16.7. The first kappa shape index (κ1) is 13.6. The predicted octanol–water partition coefficient (Wildman–Crippen LogP) is 2.47. The number of furan rings is 1. The molecule has 0 amide bonds. The van der Waals surface area contributed by atoms with Gasteiger partial charge in [0.05, 0.1) is 19.0 Å². The molecule has 1 aromatic rings. The third-order valence-electron chi connectivity index (χ3n) is 3.11. The van der Waals surface area contributed by atoms with Crippen LogP contribution in [0, 0.1) is 0 Å². The van der Waals surface area contributed by atoms with Gasteiger partial charge in [-0.25, -0.2) is 0 Å². The fraction of sp³-hybridized carbons (Fsp3) is 0.714. The SMILES string of the molecule is CCNCc1coc(COCC2CCCCO2)c1. The van der Waals surface area contributed by atoms with Gasteiger partial charge < -0.3 is 19.2 Å². The fourth-order valence-corrected chi connectivity index (χ4v) is 2.09. The van der Waals surface area contributed by atoms with Crippen LogP contribution in [-0.4, -0.2) is 25.9 Å². The smallest absolute Gasteiger partial charge is 0.129 e. The first-order chi connectivity index (χ1) is 8.88. The van der Waals surface area contributed by atoms with Gasteiger partial charge >= 0.3 is 0 Å². The zero-order valence-corrected chi connectivity index (χ0v) is 11.1. The van der Waals surface area contributed by atoms with Crippen LogP contribution in [0.4, 0.5) is 0 Å². The van der Waals surface area contributed by atoms with Crippen molar-refractivity contribution < 1.29 is 13.9 Å². The van der Waals surface area contributed by atoms with E-state index in [0.29, 0.717) is 13.2 Å². The second-order valence-electron chi connectivity index (χ2n) is 4.71. The number of hydrogen-bond donors (Lipinski definition) is 1. The molecule has 1 unspecified atom stereocenters. The quantitative estimate of drug-likeness (QED) is 0.810. The molecule has 0 radical (unpaired) electrons. The summed E-state index contributed by atoms with van der Waals surface area (Å²) in [7, 11) is 0. The highest BCUT2D eigenvalue weighted by Crippen LogP contribution is 2.14. The van der Waals surface area contributed by atoms with Gasteiger partial charge in [-0.3, -0.25) is 0 Å². The topological polar surface area (TPSA) is 43.6 Å². The van der Waals surface area contributed by atoms with Crippen LogP contribution in [-0.2, 0) is 22.6 Å². The van der Waals surface area contributed by atoms with Crippen LogP contribution < -0.4 is 5.32 Å². The van der Waals surface area contributed by atoms with E-state index in [1.807, 2.05) is 6.07 Å². The van der Waals surface area contributed by atoms with E-state index in [-0.39, 0.29) is 6.10 Å². The summed E-state index contributed by atoms with van der Waals surface area (Å²) in [4.78, 5) is 0. The molecule has 0 aliphatic carbocycles. The molecule has 1 fully saturated rings. The van der Waals surface area contributed by atoms with Gasteiger partial charge in [0, 0.05) is 18.7 Å². The highest BCUT2D eigenvalue weighted by Gasteiger charge is 2.14. The molecule has 0 saturated carbocycles. The van der Waals surface area contributed by atoms with E-state index in [9.17, 15) is 0 Å². The number of nitrogens with one attached hydrogen (secondary N) is 1. The molecule has 1 atom stereocenters. The molecule has 0 spiro atoms. The average Bonchev–Trinajstić information content (AvgIpc) is 2.85. The van der Waals surface area contributed by atoms with Gasteiger partial charge in [-0.15, -0.1) is 0 Å². The lowest BCUT2D eigenvalue weighted by Gasteiger charge is -2.21. The summed E-state index contributed by atoms with van der Waals surface area (Å²) in [5.41, 5.74) is 1.17. The first-order valence-corrected chi connectivity index (χ1v) is 6.85. The van der Waals surface area contributed by atoms with E-state index in [1.54, 1.807) is 6.26 Å². The summed E-state index contributed by atoms with van der Waals surface area (Å²) in [6.07, 6.45) is 5.61. The van der Waals surface area contributed by atoms with Crippen LogP contribution in [0.3, 0.4) is 0 Å². The molecule has 0 aromatic carbocycles. The van der Waals surface area contributed by atoms with Crippen molar-refractivity contribution in [1.82, 2.24) is 5.32 Å². The van der Waals surface area contributed by atoms with E-state index in [0.717, 1.165) is 31.9 Å². The number of hydrogen-bond acceptors (Lipinski definition) is 4. The van der Waals surface area contributed by atoms with Crippen LogP contribution in [0.5, 0.6) is 0 Å². The summed E-state index contributed by atoms with van der Waals surface area (Å²) in [6.45, 7) is 5.99. The van der Waals surface area contributed by atoms with E-state index in [4.69, 9.17) is 13.9 Å². The van der Waals surface area contributed by atoms with Crippen molar-refractivity contribution in [1.29, 1.82) is 0 Å². The Kier molecular flexibility index (Phi) is 5.71. The van der Waals surface area contributed by atoms with Crippen molar-refractivity contribution in [2.24, 2.45) is 0 Å². The first-order valence-electron chi connectivity index (χ1n) is 6.85. The molecule has 1 aliphatic heterocycles. The Hall–Kier alpha value is -0.840. The van der Waals surface area contributed by atoms with Gasteiger partial charge in [0.15, 0.2) is 0 Å². The second kappa shape index (κ2) is 7.56. The monoisotopic (exact) mass is 253 g/mol. The zero-order chi connectivity index (χ0) is 12.6. The van der Waals surface area contributed by atoms with Crippen molar-refractivity contribution in [2.45, 2.75) is 45.4 Å². The van der Waals surface area contributed by atoms with Gasteiger partial charge in [-0.1, -0.05) is 6.92 Å².